The standard InChI is InChI=1S/C10H12ClN5O2/c11-10-15-8(7-9(16-10)14-5-13-7)12-3-6-4-17-1-2-18-6/h5-6H,1-4H2,(H2,12,13,14,15,16). The number of hydrogen-bond acceptors (Lipinski definition) is 6. The molecule has 3 heterocycles. The molecule has 2 N–H and O–H groups in total. The molecule has 1 aliphatic rings. The number of anilines is 1. The Labute approximate surface area is 108 Å². The minimum Gasteiger partial charge on any atom is -0.376 e. The largest absolute Gasteiger partial charge is 0.376 e. The Morgan fingerprint density at radius 3 is 3.22 bits per heavy atom. The number of rotatable bonds is 3. The zero-order valence-corrected chi connectivity index (χ0v) is 10.3. The Bertz CT molecular complexity index is 540. The van der Waals surface area contributed by atoms with Crippen LogP contribution in [0.5, 0.6) is 0 Å². The van der Waals surface area contributed by atoms with Gasteiger partial charge in [0.05, 0.1) is 32.3 Å². The lowest BCUT2D eigenvalue weighted by atomic mass is 10.3. The van der Waals surface area contributed by atoms with Crippen LogP contribution >= 0.6 is 11.6 Å². The third-order valence-electron chi connectivity index (χ3n) is 2.64. The van der Waals surface area contributed by atoms with Gasteiger partial charge in [0.15, 0.2) is 11.5 Å². The number of halogens is 1. The van der Waals surface area contributed by atoms with Crippen molar-refractivity contribution in [3.05, 3.63) is 11.6 Å². The van der Waals surface area contributed by atoms with Gasteiger partial charge in [-0.05, 0) is 11.6 Å². The van der Waals surface area contributed by atoms with Crippen LogP contribution in [-0.2, 0) is 9.47 Å². The van der Waals surface area contributed by atoms with Gasteiger partial charge < -0.3 is 19.8 Å². The van der Waals surface area contributed by atoms with Gasteiger partial charge in [0.25, 0.3) is 0 Å². The van der Waals surface area contributed by atoms with Crippen LogP contribution in [0.1, 0.15) is 0 Å². The Morgan fingerprint density at radius 1 is 1.44 bits per heavy atom. The van der Waals surface area contributed by atoms with E-state index in [1.807, 2.05) is 0 Å². The summed E-state index contributed by atoms with van der Waals surface area (Å²) in [5.74, 6) is 0.622. The molecule has 2 aromatic heterocycles. The first-order valence-electron chi connectivity index (χ1n) is 5.63. The maximum absolute atomic E-state index is 5.83. The SMILES string of the molecule is Clc1nc(NCC2COCCO2)c2[nH]cnc2n1. The summed E-state index contributed by atoms with van der Waals surface area (Å²) in [5, 5.41) is 3.34. The lowest BCUT2D eigenvalue weighted by Crippen LogP contribution is -2.34. The normalized spacial score (nSPS) is 20.2. The fourth-order valence-corrected chi connectivity index (χ4v) is 1.96. The molecule has 0 aromatic carbocycles. The number of aromatic amines is 1. The number of H-pyrrole nitrogens is 1. The van der Waals surface area contributed by atoms with Crippen molar-refractivity contribution in [1.29, 1.82) is 0 Å². The number of ether oxygens (including phenoxy) is 2. The highest BCUT2D eigenvalue weighted by atomic mass is 35.5. The third-order valence-corrected chi connectivity index (χ3v) is 2.81. The zero-order valence-electron chi connectivity index (χ0n) is 9.52. The molecule has 0 bridgehead atoms. The predicted octanol–water partition coefficient (Wildman–Crippen LogP) is 0.834. The van der Waals surface area contributed by atoms with Crippen LogP contribution in [0.2, 0.25) is 5.28 Å². The molecule has 1 aliphatic heterocycles. The maximum Gasteiger partial charge on any atom is 0.226 e. The fraction of sp³-hybridized carbons (Fsp3) is 0.500. The van der Waals surface area contributed by atoms with Crippen molar-refractivity contribution in [2.75, 3.05) is 31.7 Å². The minimum atomic E-state index is 0.0189. The van der Waals surface area contributed by atoms with Gasteiger partial charge in [-0.3, -0.25) is 0 Å². The molecule has 0 amide bonds. The molecule has 0 radical (unpaired) electrons. The molecule has 1 saturated heterocycles. The van der Waals surface area contributed by atoms with Crippen LogP contribution in [0.3, 0.4) is 0 Å². The second-order valence-corrected chi connectivity index (χ2v) is 4.23. The van der Waals surface area contributed by atoms with Crippen molar-refractivity contribution >= 4 is 28.6 Å². The second-order valence-electron chi connectivity index (χ2n) is 3.89. The van der Waals surface area contributed by atoms with Gasteiger partial charge in [-0.2, -0.15) is 9.97 Å². The molecule has 8 heteroatoms. The summed E-state index contributed by atoms with van der Waals surface area (Å²) in [6.45, 7) is 2.45. The summed E-state index contributed by atoms with van der Waals surface area (Å²) in [7, 11) is 0. The number of hydrogen-bond donors (Lipinski definition) is 2. The average Bonchev–Trinajstić information content (AvgIpc) is 2.85. The summed E-state index contributed by atoms with van der Waals surface area (Å²) in [6, 6.07) is 0. The highest BCUT2D eigenvalue weighted by Gasteiger charge is 2.15. The summed E-state index contributed by atoms with van der Waals surface area (Å²) < 4.78 is 10.9. The van der Waals surface area contributed by atoms with Crippen LogP contribution in [0, 0.1) is 0 Å². The first kappa shape index (κ1) is 11.6. The minimum absolute atomic E-state index is 0.0189. The highest BCUT2D eigenvalue weighted by Crippen LogP contribution is 2.18. The molecule has 0 aliphatic carbocycles. The van der Waals surface area contributed by atoms with Crippen LogP contribution in [-0.4, -0.2) is 52.4 Å². The summed E-state index contributed by atoms with van der Waals surface area (Å²) in [4.78, 5) is 15.2. The van der Waals surface area contributed by atoms with Crippen molar-refractivity contribution in [3.63, 3.8) is 0 Å². The summed E-state index contributed by atoms with van der Waals surface area (Å²) >= 11 is 5.83. The van der Waals surface area contributed by atoms with Gasteiger partial charge in [-0.25, -0.2) is 4.98 Å². The number of nitrogens with one attached hydrogen (secondary N) is 2. The number of imidazole rings is 1. The molecule has 2 aromatic rings. The third kappa shape index (κ3) is 2.38. The highest BCUT2D eigenvalue weighted by molar-refractivity contribution is 6.28. The Balaban J connectivity index is 1.75. The van der Waals surface area contributed by atoms with E-state index in [-0.39, 0.29) is 11.4 Å². The first-order chi connectivity index (χ1) is 8.83. The van der Waals surface area contributed by atoms with E-state index in [2.05, 4.69) is 25.3 Å². The monoisotopic (exact) mass is 269 g/mol. The molecular formula is C10H12ClN5O2. The lowest BCUT2D eigenvalue weighted by Gasteiger charge is -2.23. The molecule has 0 saturated carbocycles. The van der Waals surface area contributed by atoms with E-state index < -0.39 is 0 Å². The Hall–Kier alpha value is -1.44. The van der Waals surface area contributed by atoms with Gasteiger partial charge in [0, 0.05) is 6.54 Å². The molecule has 1 unspecified atom stereocenters. The van der Waals surface area contributed by atoms with Crippen molar-refractivity contribution in [3.8, 4) is 0 Å². The first-order valence-corrected chi connectivity index (χ1v) is 6.00. The van der Waals surface area contributed by atoms with Gasteiger partial charge in [-0.15, -0.1) is 0 Å². The average molecular weight is 270 g/mol. The van der Waals surface area contributed by atoms with Gasteiger partial charge in [0.1, 0.15) is 5.52 Å². The molecule has 1 fully saturated rings. The molecule has 96 valence electrons. The molecular weight excluding hydrogens is 258 g/mol. The lowest BCUT2D eigenvalue weighted by molar-refractivity contribution is -0.0819. The zero-order chi connectivity index (χ0) is 12.4. The van der Waals surface area contributed by atoms with Crippen molar-refractivity contribution in [1.82, 2.24) is 19.9 Å². The molecule has 0 spiro atoms. The van der Waals surface area contributed by atoms with E-state index in [0.717, 1.165) is 5.52 Å². The number of nitrogens with zero attached hydrogens (tertiary/aromatic N) is 3. The number of fused-ring (bicyclic) bond motifs is 1. The topological polar surface area (TPSA) is 85.0 Å². The van der Waals surface area contributed by atoms with Crippen LogP contribution in [0.25, 0.3) is 11.2 Å². The number of aromatic nitrogens is 4. The van der Waals surface area contributed by atoms with Crippen molar-refractivity contribution in [2.24, 2.45) is 0 Å². The fourth-order valence-electron chi connectivity index (χ4n) is 1.80. The van der Waals surface area contributed by atoms with E-state index in [9.17, 15) is 0 Å². The van der Waals surface area contributed by atoms with Crippen LogP contribution < -0.4 is 5.32 Å². The van der Waals surface area contributed by atoms with E-state index >= 15 is 0 Å². The van der Waals surface area contributed by atoms with E-state index in [1.165, 1.54) is 0 Å². The molecule has 3 rings (SSSR count). The maximum atomic E-state index is 5.83. The van der Waals surface area contributed by atoms with E-state index in [1.54, 1.807) is 6.33 Å². The van der Waals surface area contributed by atoms with Crippen LogP contribution in [0.15, 0.2) is 6.33 Å². The van der Waals surface area contributed by atoms with Gasteiger partial charge in [0.2, 0.25) is 5.28 Å². The second kappa shape index (κ2) is 5.05. The Morgan fingerprint density at radius 2 is 2.39 bits per heavy atom. The van der Waals surface area contributed by atoms with Crippen LogP contribution in [0.4, 0.5) is 5.82 Å². The van der Waals surface area contributed by atoms with Gasteiger partial charge >= 0.3 is 0 Å². The van der Waals surface area contributed by atoms with Crippen molar-refractivity contribution in [2.45, 2.75) is 6.10 Å². The predicted molar refractivity (Wildman–Crippen MR) is 65.7 cm³/mol. The summed E-state index contributed by atoms with van der Waals surface area (Å²) in [5.41, 5.74) is 1.27. The summed E-state index contributed by atoms with van der Waals surface area (Å²) in [6.07, 6.45) is 1.58. The molecule has 18 heavy (non-hydrogen) atoms. The Kier molecular flexibility index (Phi) is 3.26. The quantitative estimate of drug-likeness (QED) is 0.803. The van der Waals surface area contributed by atoms with E-state index in [4.69, 9.17) is 21.1 Å². The molecule has 1 atom stereocenters. The van der Waals surface area contributed by atoms with Crippen molar-refractivity contribution < 1.29 is 9.47 Å². The van der Waals surface area contributed by atoms with E-state index in [0.29, 0.717) is 37.8 Å². The smallest absolute Gasteiger partial charge is 0.226 e. The molecule has 7 nitrogen and oxygen atoms in total. The van der Waals surface area contributed by atoms with Gasteiger partial charge in [-0.1, -0.05) is 0 Å².